The van der Waals surface area contributed by atoms with Gasteiger partial charge in [0.2, 0.25) is 0 Å². The zero-order valence-electron chi connectivity index (χ0n) is 12.5. The number of ether oxygens (including phenoxy) is 1. The van der Waals surface area contributed by atoms with Gasteiger partial charge in [-0.25, -0.2) is 0 Å². The number of nitrogens with zero attached hydrogens (tertiary/aromatic N) is 1. The lowest BCUT2D eigenvalue weighted by molar-refractivity contribution is 0.304. The summed E-state index contributed by atoms with van der Waals surface area (Å²) in [7, 11) is 0. The monoisotopic (exact) mass is 296 g/mol. The van der Waals surface area contributed by atoms with E-state index in [9.17, 15) is 5.11 Å². The fourth-order valence-electron chi connectivity index (χ4n) is 3.37. The average Bonchev–Trinajstić information content (AvgIpc) is 2.73. The summed E-state index contributed by atoms with van der Waals surface area (Å²) in [6.45, 7) is 3.81. The Balaban J connectivity index is 1.73. The van der Waals surface area contributed by atoms with Gasteiger partial charge < -0.3 is 20.1 Å². The molecular weight excluding hydrogens is 276 g/mol. The van der Waals surface area contributed by atoms with Crippen LogP contribution in [0.2, 0.25) is 0 Å². The topological polar surface area (TPSA) is 44.7 Å². The van der Waals surface area contributed by atoms with Gasteiger partial charge in [0.25, 0.3) is 0 Å². The first kappa shape index (κ1) is 13.5. The Kier molecular flexibility index (Phi) is 3.39. The van der Waals surface area contributed by atoms with Crippen molar-refractivity contribution >= 4 is 5.69 Å². The van der Waals surface area contributed by atoms with Crippen molar-refractivity contribution < 1.29 is 9.84 Å². The molecule has 0 unspecified atom stereocenters. The summed E-state index contributed by atoms with van der Waals surface area (Å²) in [5.41, 5.74) is 3.27. The van der Waals surface area contributed by atoms with Crippen LogP contribution in [0.1, 0.15) is 6.42 Å². The van der Waals surface area contributed by atoms with Crippen LogP contribution in [-0.2, 0) is 0 Å². The van der Waals surface area contributed by atoms with Gasteiger partial charge in [-0.3, -0.25) is 0 Å². The van der Waals surface area contributed by atoms with Crippen molar-refractivity contribution in [2.45, 2.75) is 12.5 Å². The first-order chi connectivity index (χ1) is 10.8. The highest BCUT2D eigenvalue weighted by Crippen LogP contribution is 2.37. The molecule has 2 aromatic carbocycles. The summed E-state index contributed by atoms with van der Waals surface area (Å²) in [4.78, 5) is 2.46. The van der Waals surface area contributed by atoms with E-state index in [1.807, 2.05) is 12.1 Å². The predicted molar refractivity (Wildman–Crippen MR) is 87.7 cm³/mol. The molecule has 2 aliphatic heterocycles. The fourth-order valence-corrected chi connectivity index (χ4v) is 3.37. The molecule has 0 radical (unpaired) electrons. The Morgan fingerprint density at radius 3 is 2.95 bits per heavy atom. The molecule has 2 N–H and O–H groups in total. The van der Waals surface area contributed by atoms with Crippen LogP contribution in [0, 0.1) is 0 Å². The third-order valence-corrected chi connectivity index (χ3v) is 4.51. The van der Waals surface area contributed by atoms with Gasteiger partial charge in [-0.05, 0) is 35.4 Å². The minimum Gasteiger partial charge on any atom is -0.508 e. The van der Waals surface area contributed by atoms with Gasteiger partial charge in [0, 0.05) is 32.1 Å². The lowest BCUT2D eigenvalue weighted by atomic mass is 10.0. The summed E-state index contributed by atoms with van der Waals surface area (Å²) in [6.07, 6.45) is 1.04. The number of aromatic hydroxyl groups is 1. The van der Waals surface area contributed by atoms with E-state index in [1.165, 1.54) is 5.69 Å². The Bertz CT molecular complexity index is 687. The Labute approximate surface area is 130 Å². The van der Waals surface area contributed by atoms with E-state index < -0.39 is 0 Å². The van der Waals surface area contributed by atoms with E-state index in [0.717, 1.165) is 49.5 Å². The molecule has 2 heterocycles. The minimum absolute atomic E-state index is 0.288. The number of rotatable bonds is 1. The zero-order valence-corrected chi connectivity index (χ0v) is 12.5. The predicted octanol–water partition coefficient (Wildman–Crippen LogP) is 2.62. The van der Waals surface area contributed by atoms with Gasteiger partial charge in [0.1, 0.15) is 11.5 Å². The van der Waals surface area contributed by atoms with Crippen LogP contribution >= 0.6 is 0 Å². The van der Waals surface area contributed by atoms with E-state index in [1.54, 1.807) is 12.1 Å². The molecule has 1 saturated heterocycles. The van der Waals surface area contributed by atoms with Crippen molar-refractivity contribution in [1.82, 2.24) is 5.32 Å². The van der Waals surface area contributed by atoms with Gasteiger partial charge in [-0.15, -0.1) is 0 Å². The maximum Gasteiger partial charge on any atom is 0.143 e. The van der Waals surface area contributed by atoms with Gasteiger partial charge in [0.15, 0.2) is 0 Å². The molecule has 0 aromatic heterocycles. The van der Waals surface area contributed by atoms with Crippen LogP contribution in [0.4, 0.5) is 5.69 Å². The number of piperazine rings is 1. The smallest absolute Gasteiger partial charge is 0.143 e. The van der Waals surface area contributed by atoms with Crippen molar-refractivity contribution in [3.05, 3.63) is 42.5 Å². The molecule has 1 fully saturated rings. The molecule has 4 heteroatoms. The molecule has 4 rings (SSSR count). The summed E-state index contributed by atoms with van der Waals surface area (Å²) >= 11 is 0. The molecule has 0 saturated carbocycles. The number of hydrogen-bond acceptors (Lipinski definition) is 4. The second-order valence-corrected chi connectivity index (χ2v) is 5.92. The molecular formula is C18H20N2O2. The van der Waals surface area contributed by atoms with Crippen LogP contribution in [0.5, 0.6) is 11.5 Å². The number of nitrogens with one attached hydrogen (secondary N) is 1. The highest BCUT2D eigenvalue weighted by atomic mass is 16.5. The summed E-state index contributed by atoms with van der Waals surface area (Å²) in [6, 6.07) is 14.2. The fraction of sp³-hybridized carbons (Fsp3) is 0.333. The third kappa shape index (κ3) is 2.40. The average molecular weight is 296 g/mol. The molecule has 2 aromatic rings. The molecule has 22 heavy (non-hydrogen) atoms. The quantitative estimate of drug-likeness (QED) is 0.849. The van der Waals surface area contributed by atoms with E-state index in [0.29, 0.717) is 6.04 Å². The van der Waals surface area contributed by atoms with Crippen LogP contribution < -0.4 is 15.0 Å². The largest absolute Gasteiger partial charge is 0.508 e. The van der Waals surface area contributed by atoms with Crippen molar-refractivity contribution in [2.75, 3.05) is 31.1 Å². The maximum atomic E-state index is 9.67. The third-order valence-electron chi connectivity index (χ3n) is 4.51. The molecule has 0 aliphatic carbocycles. The Morgan fingerprint density at radius 2 is 2.05 bits per heavy atom. The number of hydrogen-bond donors (Lipinski definition) is 2. The summed E-state index contributed by atoms with van der Waals surface area (Å²) in [5, 5.41) is 13.1. The lowest BCUT2D eigenvalue weighted by Crippen LogP contribution is -2.51. The molecule has 114 valence electrons. The SMILES string of the molecule is Oc1cccc(-c2ccc3c(c2)OCC[C@H]2CNCCN32)c1. The molecule has 2 aliphatic rings. The highest BCUT2D eigenvalue weighted by molar-refractivity contribution is 5.72. The van der Waals surface area contributed by atoms with Gasteiger partial charge in [-0.1, -0.05) is 18.2 Å². The van der Waals surface area contributed by atoms with Crippen molar-refractivity contribution in [1.29, 1.82) is 0 Å². The van der Waals surface area contributed by atoms with Crippen LogP contribution in [0.25, 0.3) is 11.1 Å². The number of benzene rings is 2. The van der Waals surface area contributed by atoms with E-state index in [-0.39, 0.29) is 5.75 Å². The van der Waals surface area contributed by atoms with Crippen LogP contribution in [0.3, 0.4) is 0 Å². The molecule has 0 spiro atoms. The summed E-state index contributed by atoms with van der Waals surface area (Å²) < 4.78 is 6.00. The normalized spacial score (nSPS) is 20.5. The molecule has 1 atom stereocenters. The lowest BCUT2D eigenvalue weighted by Gasteiger charge is -2.36. The zero-order chi connectivity index (χ0) is 14.9. The molecule has 0 bridgehead atoms. The standard InChI is InChI=1S/C18H20N2O2/c21-16-3-1-2-13(10-16)14-4-5-17-18(11-14)22-9-6-15-12-19-7-8-20(15)17/h1-5,10-11,15,19,21H,6-9,12H2/t15-/m0/s1. The van der Waals surface area contributed by atoms with Crippen LogP contribution in [-0.4, -0.2) is 37.4 Å². The Morgan fingerprint density at radius 1 is 1.14 bits per heavy atom. The molecule has 0 amide bonds. The van der Waals surface area contributed by atoms with Crippen molar-refractivity contribution in [3.8, 4) is 22.6 Å². The van der Waals surface area contributed by atoms with E-state index in [4.69, 9.17) is 4.74 Å². The number of fused-ring (bicyclic) bond motifs is 3. The van der Waals surface area contributed by atoms with Crippen LogP contribution in [0.15, 0.2) is 42.5 Å². The Hall–Kier alpha value is -2.20. The first-order valence-corrected chi connectivity index (χ1v) is 7.85. The van der Waals surface area contributed by atoms with E-state index >= 15 is 0 Å². The maximum absolute atomic E-state index is 9.67. The van der Waals surface area contributed by atoms with Gasteiger partial charge >= 0.3 is 0 Å². The molecule has 4 nitrogen and oxygen atoms in total. The highest BCUT2D eigenvalue weighted by Gasteiger charge is 2.27. The second kappa shape index (κ2) is 5.54. The van der Waals surface area contributed by atoms with Gasteiger partial charge in [0.05, 0.1) is 12.3 Å². The first-order valence-electron chi connectivity index (χ1n) is 7.85. The number of phenolic OH excluding ortho intramolecular Hbond substituents is 1. The second-order valence-electron chi connectivity index (χ2n) is 5.92. The number of anilines is 1. The minimum atomic E-state index is 0.288. The van der Waals surface area contributed by atoms with E-state index in [2.05, 4.69) is 28.4 Å². The summed E-state index contributed by atoms with van der Waals surface area (Å²) in [5.74, 6) is 1.24. The van der Waals surface area contributed by atoms with Gasteiger partial charge in [-0.2, -0.15) is 0 Å². The van der Waals surface area contributed by atoms with Crippen molar-refractivity contribution in [2.24, 2.45) is 0 Å². The number of phenols is 1. The van der Waals surface area contributed by atoms with Crippen molar-refractivity contribution in [3.63, 3.8) is 0 Å².